The SMILES string of the molecule is CC(C)(C)c1cc(N2C=CN(c3cccc(Sc4ccc5c(c4)N(c4ccccn4)c4cc(-c6ccccc6)ccc4-c4ccccc4-5)c3)C2)cc(C(C)(C)C)c1. The summed E-state index contributed by atoms with van der Waals surface area (Å²) in [6, 6.07) is 55.3. The van der Waals surface area contributed by atoms with Gasteiger partial charge in [-0.2, -0.15) is 0 Å². The molecule has 3 heterocycles. The van der Waals surface area contributed by atoms with Gasteiger partial charge in [-0.15, -0.1) is 0 Å². The van der Waals surface area contributed by atoms with Crippen LogP contribution in [0.2, 0.25) is 0 Å². The number of hydrogen-bond acceptors (Lipinski definition) is 5. The molecule has 0 saturated heterocycles. The van der Waals surface area contributed by atoms with Gasteiger partial charge in [0.25, 0.3) is 0 Å². The van der Waals surface area contributed by atoms with Gasteiger partial charge in [-0.1, -0.05) is 144 Å². The lowest BCUT2D eigenvalue weighted by atomic mass is 9.80. The average Bonchev–Trinajstić information content (AvgIpc) is 3.68. The molecule has 9 rings (SSSR count). The van der Waals surface area contributed by atoms with E-state index in [4.69, 9.17) is 4.98 Å². The Bertz CT molecular complexity index is 2580. The topological polar surface area (TPSA) is 22.6 Å². The van der Waals surface area contributed by atoms with Crippen LogP contribution in [0.3, 0.4) is 0 Å². The lowest BCUT2D eigenvalue weighted by Crippen LogP contribution is -2.26. The van der Waals surface area contributed by atoms with Crippen LogP contribution in [0, 0.1) is 0 Å². The maximum atomic E-state index is 4.94. The summed E-state index contributed by atoms with van der Waals surface area (Å²) in [6.45, 7) is 14.6. The number of pyridine rings is 1. The van der Waals surface area contributed by atoms with Crippen molar-refractivity contribution in [2.75, 3.05) is 21.4 Å². The molecule has 0 atom stereocenters. The number of anilines is 5. The van der Waals surface area contributed by atoms with Crippen molar-refractivity contribution in [3.63, 3.8) is 0 Å². The molecule has 0 spiro atoms. The lowest BCUT2D eigenvalue weighted by molar-refractivity contribution is 0.568. The van der Waals surface area contributed by atoms with E-state index in [-0.39, 0.29) is 10.8 Å². The number of nitrogens with zero attached hydrogens (tertiary/aromatic N) is 4. The van der Waals surface area contributed by atoms with Crippen molar-refractivity contribution in [2.24, 2.45) is 0 Å². The fourth-order valence-corrected chi connectivity index (χ4v) is 8.72. The third-order valence-electron chi connectivity index (χ3n) is 11.0. The van der Waals surface area contributed by atoms with E-state index in [9.17, 15) is 0 Å². The van der Waals surface area contributed by atoms with Gasteiger partial charge >= 0.3 is 0 Å². The Morgan fingerprint density at radius 2 is 1.09 bits per heavy atom. The van der Waals surface area contributed by atoms with Crippen molar-refractivity contribution in [3.8, 4) is 33.4 Å². The minimum absolute atomic E-state index is 0.0625. The van der Waals surface area contributed by atoms with Crippen LogP contribution >= 0.6 is 11.8 Å². The van der Waals surface area contributed by atoms with Crippen LogP contribution in [0.15, 0.2) is 180 Å². The number of rotatable bonds is 6. The first-order valence-electron chi connectivity index (χ1n) is 19.8. The molecule has 2 aliphatic rings. The average molecular weight is 761 g/mol. The molecule has 5 heteroatoms. The van der Waals surface area contributed by atoms with Gasteiger partial charge in [0.05, 0.1) is 18.0 Å². The van der Waals surface area contributed by atoms with E-state index in [0.717, 1.165) is 23.9 Å². The van der Waals surface area contributed by atoms with Crippen LogP contribution < -0.4 is 14.7 Å². The Morgan fingerprint density at radius 1 is 0.474 bits per heavy atom. The van der Waals surface area contributed by atoms with Crippen molar-refractivity contribution in [1.82, 2.24) is 4.98 Å². The van der Waals surface area contributed by atoms with Gasteiger partial charge in [0, 0.05) is 50.9 Å². The lowest BCUT2D eigenvalue weighted by Gasteiger charge is -2.29. The normalized spacial score (nSPS) is 13.6. The molecule has 0 N–H and O–H groups in total. The highest BCUT2D eigenvalue weighted by atomic mass is 32.2. The first-order chi connectivity index (χ1) is 27.5. The van der Waals surface area contributed by atoms with Crippen molar-refractivity contribution in [2.45, 2.75) is 62.2 Å². The highest BCUT2D eigenvalue weighted by molar-refractivity contribution is 7.99. The molecule has 57 heavy (non-hydrogen) atoms. The summed E-state index contributed by atoms with van der Waals surface area (Å²) in [5.74, 6) is 0.884. The van der Waals surface area contributed by atoms with E-state index in [1.807, 2.05) is 12.3 Å². The van der Waals surface area contributed by atoms with Crippen molar-refractivity contribution in [3.05, 3.63) is 181 Å². The zero-order chi connectivity index (χ0) is 39.3. The number of fused-ring (bicyclic) bond motifs is 5. The summed E-state index contributed by atoms with van der Waals surface area (Å²) in [5.41, 5.74) is 14.6. The molecule has 1 aromatic heterocycles. The first kappa shape index (κ1) is 36.6. The van der Waals surface area contributed by atoms with E-state index >= 15 is 0 Å². The molecule has 7 aromatic rings. The minimum Gasteiger partial charge on any atom is -0.328 e. The molecule has 0 aliphatic carbocycles. The summed E-state index contributed by atoms with van der Waals surface area (Å²) >= 11 is 1.80. The monoisotopic (exact) mass is 760 g/mol. The molecular formula is C52H48N4S. The highest BCUT2D eigenvalue weighted by Gasteiger charge is 2.28. The molecule has 0 amide bonds. The molecule has 282 valence electrons. The number of benzene rings is 6. The molecule has 0 saturated carbocycles. The predicted octanol–water partition coefficient (Wildman–Crippen LogP) is 14.4. The van der Waals surface area contributed by atoms with Crippen LogP contribution in [-0.4, -0.2) is 11.7 Å². The summed E-state index contributed by atoms with van der Waals surface area (Å²) in [7, 11) is 0. The van der Waals surface area contributed by atoms with E-state index in [1.54, 1.807) is 11.8 Å². The van der Waals surface area contributed by atoms with Crippen LogP contribution in [0.1, 0.15) is 52.7 Å². The van der Waals surface area contributed by atoms with Gasteiger partial charge in [0.1, 0.15) is 5.82 Å². The number of hydrogen-bond donors (Lipinski definition) is 0. The molecule has 6 aromatic carbocycles. The standard InChI is InChI=1S/C52H48N4S/c1-51(2,3)38-30-39(52(4,5)6)32-41(31-38)55-28-27-54(35-55)40-17-14-18-42(33-40)57-43-23-25-47-45-20-11-10-19-44(45)46-24-22-37(36-15-8-7-9-16-36)29-48(46)56(49(47)34-43)50-21-12-13-26-53-50/h7-34H,35H2,1-6H3. The van der Waals surface area contributed by atoms with Crippen LogP contribution in [0.5, 0.6) is 0 Å². The van der Waals surface area contributed by atoms with Crippen LogP contribution in [-0.2, 0) is 10.8 Å². The molecular weight excluding hydrogens is 713 g/mol. The minimum atomic E-state index is 0.0625. The summed E-state index contributed by atoms with van der Waals surface area (Å²) < 4.78 is 0. The molecule has 0 bridgehead atoms. The van der Waals surface area contributed by atoms with Crippen molar-refractivity contribution < 1.29 is 0 Å². The fourth-order valence-electron chi connectivity index (χ4n) is 7.82. The largest absolute Gasteiger partial charge is 0.328 e. The van der Waals surface area contributed by atoms with Gasteiger partial charge in [0.15, 0.2) is 0 Å². The molecule has 4 nitrogen and oxygen atoms in total. The number of aromatic nitrogens is 1. The molecule has 2 aliphatic heterocycles. The van der Waals surface area contributed by atoms with Gasteiger partial charge < -0.3 is 9.80 Å². The zero-order valence-electron chi connectivity index (χ0n) is 33.6. The summed E-state index contributed by atoms with van der Waals surface area (Å²) in [5, 5.41) is 0. The summed E-state index contributed by atoms with van der Waals surface area (Å²) in [6.07, 6.45) is 6.30. The van der Waals surface area contributed by atoms with Gasteiger partial charge in [-0.05, 0) is 105 Å². The first-order valence-corrected chi connectivity index (χ1v) is 20.6. The highest BCUT2D eigenvalue weighted by Crippen LogP contribution is 2.52. The Labute approximate surface area is 342 Å². The van der Waals surface area contributed by atoms with Crippen molar-refractivity contribution in [1.29, 1.82) is 0 Å². The third kappa shape index (κ3) is 7.24. The summed E-state index contributed by atoms with van der Waals surface area (Å²) in [4.78, 5) is 14.3. The Morgan fingerprint density at radius 3 is 1.75 bits per heavy atom. The molecule has 0 fully saturated rings. The van der Waals surface area contributed by atoms with E-state index in [0.29, 0.717) is 0 Å². The maximum Gasteiger partial charge on any atom is 0.137 e. The Kier molecular flexibility index (Phi) is 9.29. The third-order valence-corrected chi connectivity index (χ3v) is 12.0. The van der Waals surface area contributed by atoms with Crippen LogP contribution in [0.25, 0.3) is 33.4 Å². The quantitative estimate of drug-likeness (QED) is 0.168. The fraction of sp³-hybridized carbons (Fsp3) is 0.173. The van der Waals surface area contributed by atoms with Gasteiger partial charge in [-0.3, -0.25) is 4.90 Å². The Hall–Kier alpha value is -6.04. The van der Waals surface area contributed by atoms with Gasteiger partial charge in [-0.25, -0.2) is 4.98 Å². The Balaban J connectivity index is 1.06. The molecule has 0 radical (unpaired) electrons. The zero-order valence-corrected chi connectivity index (χ0v) is 34.4. The van der Waals surface area contributed by atoms with Gasteiger partial charge in [0.2, 0.25) is 0 Å². The van der Waals surface area contributed by atoms with Crippen LogP contribution in [0.4, 0.5) is 28.6 Å². The van der Waals surface area contributed by atoms with E-state index in [2.05, 4.69) is 214 Å². The second-order valence-electron chi connectivity index (χ2n) is 17.1. The second kappa shape index (κ2) is 14.5. The van der Waals surface area contributed by atoms with E-state index < -0.39 is 0 Å². The van der Waals surface area contributed by atoms with E-state index in [1.165, 1.54) is 65.7 Å². The second-order valence-corrected chi connectivity index (χ2v) is 18.2. The molecule has 0 unspecified atom stereocenters. The smallest absolute Gasteiger partial charge is 0.137 e. The van der Waals surface area contributed by atoms with Crippen molar-refractivity contribution >= 4 is 40.3 Å². The predicted molar refractivity (Wildman–Crippen MR) is 242 cm³/mol. The maximum absolute atomic E-state index is 4.94.